The maximum absolute atomic E-state index is 12.0. The summed E-state index contributed by atoms with van der Waals surface area (Å²) in [4.78, 5) is 12.0. The summed E-state index contributed by atoms with van der Waals surface area (Å²) < 4.78 is 6.03. The highest BCUT2D eigenvalue weighted by Gasteiger charge is 2.66. The lowest BCUT2D eigenvalue weighted by molar-refractivity contribution is -0.164. The molecule has 3 heteroatoms. The Morgan fingerprint density at radius 3 is 2.89 bits per heavy atom. The molecular formula is C24H31NO2. The average molecular weight is 366 g/mol. The van der Waals surface area contributed by atoms with Crippen molar-refractivity contribution >= 4 is 5.97 Å². The number of hydrogen-bond donors (Lipinski definition) is 1. The predicted molar refractivity (Wildman–Crippen MR) is 106 cm³/mol. The second-order valence-corrected chi connectivity index (χ2v) is 9.42. The summed E-state index contributed by atoms with van der Waals surface area (Å²) in [6.45, 7) is 6.50. The molecule has 3 nitrogen and oxygen atoms in total. The van der Waals surface area contributed by atoms with Gasteiger partial charge in [-0.3, -0.25) is 0 Å². The minimum Gasteiger partial charge on any atom is -0.451 e. The van der Waals surface area contributed by atoms with Crippen LogP contribution in [0.3, 0.4) is 0 Å². The summed E-state index contributed by atoms with van der Waals surface area (Å²) in [5.74, 6) is 2.82. The van der Waals surface area contributed by atoms with Crippen molar-refractivity contribution in [2.45, 2.75) is 57.5 Å². The van der Waals surface area contributed by atoms with Crippen molar-refractivity contribution in [3.63, 3.8) is 0 Å². The molecule has 1 heterocycles. The first-order valence-electron chi connectivity index (χ1n) is 10.8. The Hall–Kier alpha value is -1.77. The van der Waals surface area contributed by atoms with Gasteiger partial charge in [-0.15, -0.1) is 6.58 Å². The topological polar surface area (TPSA) is 52.3 Å². The second kappa shape index (κ2) is 5.86. The van der Waals surface area contributed by atoms with Gasteiger partial charge in [-0.05, 0) is 92.3 Å². The minimum atomic E-state index is -0.360. The number of nitrogens with two attached hydrogens (primary N) is 1. The molecule has 2 N–H and O–H groups in total. The fraction of sp³-hybridized carbons (Fsp3) is 0.625. The van der Waals surface area contributed by atoms with E-state index in [1.807, 2.05) is 0 Å². The SMILES string of the molecule is C=CC1C=C2C=C(N)CC[C@@H]2C2CC[C@@]3(CC)C(CC[C@@]34C=CC(=O)O4)C12. The van der Waals surface area contributed by atoms with Crippen LogP contribution >= 0.6 is 0 Å². The summed E-state index contributed by atoms with van der Waals surface area (Å²) in [5, 5.41) is 0. The van der Waals surface area contributed by atoms with Gasteiger partial charge in [0.05, 0.1) is 0 Å². The maximum Gasteiger partial charge on any atom is 0.331 e. The van der Waals surface area contributed by atoms with Crippen molar-refractivity contribution < 1.29 is 9.53 Å². The zero-order chi connectivity index (χ0) is 18.8. The maximum atomic E-state index is 12.0. The molecule has 4 unspecified atom stereocenters. The molecule has 5 rings (SSSR count). The normalized spacial score (nSPS) is 47.6. The summed E-state index contributed by atoms with van der Waals surface area (Å²) in [5.41, 5.74) is 8.37. The number of esters is 1. The molecule has 0 aromatic heterocycles. The summed E-state index contributed by atoms with van der Waals surface area (Å²) in [6, 6.07) is 0. The molecule has 4 aliphatic carbocycles. The molecule has 0 aromatic rings. The second-order valence-electron chi connectivity index (χ2n) is 9.42. The third-order valence-electron chi connectivity index (χ3n) is 8.81. The van der Waals surface area contributed by atoms with Crippen molar-refractivity contribution in [2.24, 2.45) is 40.7 Å². The van der Waals surface area contributed by atoms with Gasteiger partial charge in [-0.1, -0.05) is 19.1 Å². The van der Waals surface area contributed by atoms with Gasteiger partial charge in [0.25, 0.3) is 0 Å². The van der Waals surface area contributed by atoms with Crippen LogP contribution in [0, 0.1) is 35.0 Å². The fourth-order valence-electron chi connectivity index (χ4n) is 7.77. The van der Waals surface area contributed by atoms with E-state index in [4.69, 9.17) is 10.5 Å². The highest BCUT2D eigenvalue weighted by Crippen LogP contribution is 2.68. The third-order valence-corrected chi connectivity index (χ3v) is 8.81. The lowest BCUT2D eigenvalue weighted by Gasteiger charge is -2.57. The van der Waals surface area contributed by atoms with Crippen molar-refractivity contribution in [3.05, 3.63) is 48.2 Å². The van der Waals surface area contributed by atoms with E-state index in [1.165, 1.54) is 24.8 Å². The van der Waals surface area contributed by atoms with E-state index in [9.17, 15) is 4.79 Å². The fourth-order valence-corrected chi connectivity index (χ4v) is 7.77. The Balaban J connectivity index is 1.57. The van der Waals surface area contributed by atoms with Crippen molar-refractivity contribution in [1.82, 2.24) is 0 Å². The van der Waals surface area contributed by atoms with E-state index < -0.39 is 0 Å². The molecule has 0 saturated heterocycles. The van der Waals surface area contributed by atoms with E-state index >= 15 is 0 Å². The zero-order valence-electron chi connectivity index (χ0n) is 16.3. The Bertz CT molecular complexity index is 777. The first-order valence-corrected chi connectivity index (χ1v) is 10.8. The number of carbonyl (C=O) groups excluding carboxylic acids is 1. The molecule has 0 aromatic carbocycles. The van der Waals surface area contributed by atoms with E-state index in [0.717, 1.165) is 31.4 Å². The highest BCUT2D eigenvalue weighted by molar-refractivity contribution is 5.85. The van der Waals surface area contributed by atoms with Crippen LogP contribution in [0.5, 0.6) is 0 Å². The third kappa shape index (κ3) is 2.17. The molecule has 2 fully saturated rings. The quantitative estimate of drug-likeness (QED) is 0.572. The summed E-state index contributed by atoms with van der Waals surface area (Å²) in [6.07, 6.45) is 18.5. The van der Waals surface area contributed by atoms with Crippen LogP contribution in [0.2, 0.25) is 0 Å². The molecule has 2 saturated carbocycles. The van der Waals surface area contributed by atoms with Crippen LogP contribution in [0.1, 0.15) is 51.9 Å². The number of ether oxygens (including phenoxy) is 1. The van der Waals surface area contributed by atoms with Gasteiger partial charge in [0.1, 0.15) is 5.60 Å². The predicted octanol–water partition coefficient (Wildman–Crippen LogP) is 4.67. The average Bonchev–Trinajstić information content (AvgIpc) is 3.21. The molecule has 0 radical (unpaired) electrons. The lowest BCUT2D eigenvalue weighted by Crippen LogP contribution is -2.54. The van der Waals surface area contributed by atoms with Gasteiger partial charge in [-0.2, -0.15) is 0 Å². The molecule has 7 atom stereocenters. The largest absolute Gasteiger partial charge is 0.451 e. The first kappa shape index (κ1) is 17.3. The van der Waals surface area contributed by atoms with Gasteiger partial charge in [-0.25, -0.2) is 4.79 Å². The van der Waals surface area contributed by atoms with Gasteiger partial charge in [0.2, 0.25) is 0 Å². The number of fused-ring (bicyclic) bond motifs is 6. The van der Waals surface area contributed by atoms with E-state index in [1.54, 1.807) is 6.08 Å². The van der Waals surface area contributed by atoms with E-state index in [-0.39, 0.29) is 17.0 Å². The van der Waals surface area contributed by atoms with Crippen LogP contribution in [0.15, 0.2) is 48.2 Å². The van der Waals surface area contributed by atoms with E-state index in [0.29, 0.717) is 29.6 Å². The molecule has 1 aliphatic heterocycles. The minimum absolute atomic E-state index is 0.0902. The summed E-state index contributed by atoms with van der Waals surface area (Å²) >= 11 is 0. The Labute approximate surface area is 162 Å². The van der Waals surface area contributed by atoms with Crippen LogP contribution < -0.4 is 5.73 Å². The van der Waals surface area contributed by atoms with Gasteiger partial charge >= 0.3 is 5.97 Å². The lowest BCUT2D eigenvalue weighted by atomic mass is 9.48. The molecule has 5 aliphatic rings. The van der Waals surface area contributed by atoms with Gasteiger partial charge in [0.15, 0.2) is 0 Å². The highest BCUT2D eigenvalue weighted by atomic mass is 16.6. The van der Waals surface area contributed by atoms with Crippen molar-refractivity contribution in [3.8, 4) is 0 Å². The van der Waals surface area contributed by atoms with Crippen molar-refractivity contribution in [1.29, 1.82) is 0 Å². The van der Waals surface area contributed by atoms with Gasteiger partial charge < -0.3 is 10.5 Å². The number of carbonyl (C=O) groups is 1. The molecule has 0 amide bonds. The summed E-state index contributed by atoms with van der Waals surface area (Å²) in [7, 11) is 0. The zero-order valence-corrected chi connectivity index (χ0v) is 16.3. The van der Waals surface area contributed by atoms with Crippen LogP contribution in [-0.2, 0) is 9.53 Å². The van der Waals surface area contributed by atoms with Crippen molar-refractivity contribution in [2.75, 3.05) is 0 Å². The first-order chi connectivity index (χ1) is 13.0. The Morgan fingerprint density at radius 2 is 2.19 bits per heavy atom. The molecular weight excluding hydrogens is 334 g/mol. The number of rotatable bonds is 2. The number of hydrogen-bond acceptors (Lipinski definition) is 3. The smallest absolute Gasteiger partial charge is 0.331 e. The Morgan fingerprint density at radius 1 is 1.33 bits per heavy atom. The molecule has 1 spiro atoms. The van der Waals surface area contributed by atoms with Gasteiger partial charge in [0, 0.05) is 17.2 Å². The monoisotopic (exact) mass is 365 g/mol. The van der Waals surface area contributed by atoms with Crippen LogP contribution in [-0.4, -0.2) is 11.6 Å². The van der Waals surface area contributed by atoms with E-state index in [2.05, 4.69) is 37.8 Å². The Kier molecular flexibility index (Phi) is 3.76. The van der Waals surface area contributed by atoms with Crippen LogP contribution in [0.25, 0.3) is 0 Å². The molecule has 0 bridgehead atoms. The standard InChI is InChI=1S/C24H31NO2/c1-3-15-13-16-14-17(25)5-6-18(16)19-7-10-23(4-2)20(22(15)19)8-11-24(23)12-9-21(26)27-24/h3,9,12-15,18-20,22H,1,4-8,10-11,25H2,2H3/t15?,18-,19?,20?,22?,23-,24+/m0/s1. The van der Waals surface area contributed by atoms with Crippen LogP contribution in [0.4, 0.5) is 0 Å². The number of allylic oxidation sites excluding steroid dienone is 5. The molecule has 27 heavy (non-hydrogen) atoms. The molecule has 144 valence electrons.